The van der Waals surface area contributed by atoms with Crippen LogP contribution in [0, 0.1) is 5.92 Å². The summed E-state index contributed by atoms with van der Waals surface area (Å²) >= 11 is 0. The fourth-order valence-corrected chi connectivity index (χ4v) is 4.98. The van der Waals surface area contributed by atoms with Gasteiger partial charge in [0, 0.05) is 44.2 Å². The SMILES string of the molecule is CCNC(=NCC1CCCN1Cc1ccccc1)NC1CCN(C(=O)C(CC)CC)CC1.I. The van der Waals surface area contributed by atoms with E-state index in [0.717, 1.165) is 70.9 Å². The van der Waals surface area contributed by atoms with Gasteiger partial charge < -0.3 is 15.5 Å². The van der Waals surface area contributed by atoms with Gasteiger partial charge in [0.15, 0.2) is 5.96 Å². The van der Waals surface area contributed by atoms with Gasteiger partial charge in [-0.05, 0) is 57.6 Å². The van der Waals surface area contributed by atoms with Crippen LogP contribution in [-0.4, -0.2) is 66.5 Å². The van der Waals surface area contributed by atoms with E-state index in [1.165, 1.54) is 18.4 Å². The Morgan fingerprint density at radius 3 is 2.39 bits per heavy atom. The van der Waals surface area contributed by atoms with E-state index in [0.29, 0.717) is 18.0 Å². The molecule has 6 nitrogen and oxygen atoms in total. The molecule has 3 rings (SSSR count). The maximum Gasteiger partial charge on any atom is 0.225 e. The number of halogens is 1. The molecule has 0 aromatic heterocycles. The summed E-state index contributed by atoms with van der Waals surface area (Å²) in [5.74, 6) is 1.45. The van der Waals surface area contributed by atoms with Crippen LogP contribution in [0.4, 0.5) is 0 Å². The van der Waals surface area contributed by atoms with Crippen LogP contribution in [0.3, 0.4) is 0 Å². The molecule has 2 aliphatic rings. The minimum absolute atomic E-state index is 0. The highest BCUT2D eigenvalue weighted by Crippen LogP contribution is 2.21. The van der Waals surface area contributed by atoms with Crippen molar-refractivity contribution in [2.45, 2.75) is 77.9 Å². The highest BCUT2D eigenvalue weighted by Gasteiger charge is 2.27. The van der Waals surface area contributed by atoms with E-state index in [1.54, 1.807) is 0 Å². The largest absolute Gasteiger partial charge is 0.357 e. The Balaban J connectivity index is 0.00000385. The number of carbonyl (C=O) groups excluding carboxylic acids is 1. The van der Waals surface area contributed by atoms with Crippen molar-refractivity contribution in [3.63, 3.8) is 0 Å². The fourth-order valence-electron chi connectivity index (χ4n) is 4.98. The van der Waals surface area contributed by atoms with Crippen LogP contribution in [0.2, 0.25) is 0 Å². The predicted molar refractivity (Wildman–Crippen MR) is 148 cm³/mol. The Morgan fingerprint density at radius 2 is 1.76 bits per heavy atom. The van der Waals surface area contributed by atoms with Crippen molar-refractivity contribution in [3.05, 3.63) is 35.9 Å². The monoisotopic (exact) mass is 569 g/mol. The van der Waals surface area contributed by atoms with Crippen LogP contribution < -0.4 is 10.6 Å². The standard InChI is InChI=1S/C26H43N5O.HI/c1-4-22(5-2)25(32)30-17-14-23(15-18-30)29-26(27-6-3)28-19-24-13-10-16-31(24)20-21-11-8-7-9-12-21;/h7-9,11-12,22-24H,4-6,10,13-20H2,1-3H3,(H2,27,28,29);1H. The molecule has 2 saturated heterocycles. The number of hydrogen-bond donors (Lipinski definition) is 2. The molecule has 2 N–H and O–H groups in total. The summed E-state index contributed by atoms with van der Waals surface area (Å²) in [6.07, 6.45) is 6.31. The fraction of sp³-hybridized carbons (Fsp3) is 0.692. The van der Waals surface area contributed by atoms with Gasteiger partial charge in [0.05, 0.1) is 6.54 Å². The lowest BCUT2D eigenvalue weighted by Gasteiger charge is -2.35. The molecular formula is C26H44IN5O. The van der Waals surface area contributed by atoms with Crippen molar-refractivity contribution in [1.29, 1.82) is 0 Å². The van der Waals surface area contributed by atoms with E-state index in [4.69, 9.17) is 4.99 Å². The molecule has 2 fully saturated rings. The minimum atomic E-state index is 0. The molecule has 186 valence electrons. The number of amides is 1. The maximum atomic E-state index is 12.7. The number of carbonyl (C=O) groups is 1. The number of aliphatic imine (C=N–C) groups is 1. The molecule has 0 aliphatic carbocycles. The minimum Gasteiger partial charge on any atom is -0.357 e. The first-order valence-electron chi connectivity index (χ1n) is 12.8. The molecular weight excluding hydrogens is 525 g/mol. The molecule has 1 aromatic carbocycles. The second-order valence-electron chi connectivity index (χ2n) is 9.23. The van der Waals surface area contributed by atoms with Gasteiger partial charge in [-0.3, -0.25) is 14.7 Å². The first-order chi connectivity index (χ1) is 15.6. The van der Waals surface area contributed by atoms with Crippen LogP contribution in [0.25, 0.3) is 0 Å². The highest BCUT2D eigenvalue weighted by atomic mass is 127. The van der Waals surface area contributed by atoms with Crippen molar-refractivity contribution in [3.8, 4) is 0 Å². The van der Waals surface area contributed by atoms with Gasteiger partial charge in [0.2, 0.25) is 5.91 Å². The van der Waals surface area contributed by atoms with Gasteiger partial charge in [-0.1, -0.05) is 44.2 Å². The van der Waals surface area contributed by atoms with Crippen molar-refractivity contribution in [2.75, 3.05) is 32.7 Å². The smallest absolute Gasteiger partial charge is 0.225 e. The molecule has 2 heterocycles. The van der Waals surface area contributed by atoms with Crippen molar-refractivity contribution in [1.82, 2.24) is 20.4 Å². The predicted octanol–water partition coefficient (Wildman–Crippen LogP) is 4.25. The molecule has 1 unspecified atom stereocenters. The zero-order chi connectivity index (χ0) is 22.8. The van der Waals surface area contributed by atoms with Crippen molar-refractivity contribution in [2.24, 2.45) is 10.9 Å². The average Bonchev–Trinajstić information content (AvgIpc) is 3.26. The van der Waals surface area contributed by atoms with Crippen LogP contribution in [0.1, 0.15) is 64.9 Å². The lowest BCUT2D eigenvalue weighted by atomic mass is 9.98. The van der Waals surface area contributed by atoms with Crippen LogP contribution in [0.5, 0.6) is 0 Å². The third kappa shape index (κ3) is 8.42. The van der Waals surface area contributed by atoms with E-state index < -0.39 is 0 Å². The first-order valence-corrected chi connectivity index (χ1v) is 12.8. The second kappa shape index (κ2) is 14.8. The summed E-state index contributed by atoms with van der Waals surface area (Å²) in [7, 11) is 0. The molecule has 0 saturated carbocycles. The lowest BCUT2D eigenvalue weighted by molar-refractivity contribution is -0.136. The van der Waals surface area contributed by atoms with E-state index in [2.05, 4.69) is 71.5 Å². The Hall–Kier alpha value is -1.35. The zero-order valence-electron chi connectivity index (χ0n) is 20.8. The van der Waals surface area contributed by atoms with Crippen molar-refractivity contribution < 1.29 is 4.79 Å². The van der Waals surface area contributed by atoms with E-state index in [-0.39, 0.29) is 29.9 Å². The van der Waals surface area contributed by atoms with Gasteiger partial charge in [-0.15, -0.1) is 24.0 Å². The van der Waals surface area contributed by atoms with Crippen LogP contribution >= 0.6 is 24.0 Å². The highest BCUT2D eigenvalue weighted by molar-refractivity contribution is 14.0. The Labute approximate surface area is 218 Å². The summed E-state index contributed by atoms with van der Waals surface area (Å²) in [5, 5.41) is 7.07. The number of rotatable bonds is 9. The van der Waals surface area contributed by atoms with Crippen molar-refractivity contribution >= 4 is 35.8 Å². The van der Waals surface area contributed by atoms with Gasteiger partial charge >= 0.3 is 0 Å². The molecule has 1 amide bonds. The summed E-state index contributed by atoms with van der Waals surface area (Å²) in [4.78, 5) is 22.3. The third-order valence-corrected chi connectivity index (χ3v) is 7.01. The zero-order valence-corrected chi connectivity index (χ0v) is 23.1. The maximum absolute atomic E-state index is 12.7. The van der Waals surface area contributed by atoms with Gasteiger partial charge in [-0.25, -0.2) is 0 Å². The number of nitrogens with zero attached hydrogens (tertiary/aromatic N) is 3. The van der Waals surface area contributed by atoms with Crippen LogP contribution in [0.15, 0.2) is 35.3 Å². The lowest BCUT2D eigenvalue weighted by Crippen LogP contribution is -2.50. The first kappa shape index (κ1) is 27.9. The molecule has 0 bridgehead atoms. The quantitative estimate of drug-likeness (QED) is 0.265. The summed E-state index contributed by atoms with van der Waals surface area (Å²) in [6.45, 7) is 11.9. The molecule has 2 aliphatic heterocycles. The van der Waals surface area contributed by atoms with Gasteiger partial charge in [0.25, 0.3) is 0 Å². The molecule has 7 heteroatoms. The number of likely N-dealkylation sites (tertiary alicyclic amines) is 2. The molecule has 0 radical (unpaired) electrons. The molecule has 1 aromatic rings. The second-order valence-corrected chi connectivity index (χ2v) is 9.23. The van der Waals surface area contributed by atoms with E-state index in [1.807, 2.05) is 0 Å². The number of hydrogen-bond acceptors (Lipinski definition) is 3. The Bertz CT molecular complexity index is 717. The van der Waals surface area contributed by atoms with Gasteiger partial charge in [-0.2, -0.15) is 0 Å². The number of nitrogens with one attached hydrogen (secondary N) is 2. The van der Waals surface area contributed by atoms with Gasteiger partial charge in [0.1, 0.15) is 0 Å². The molecule has 1 atom stereocenters. The van der Waals surface area contributed by atoms with E-state index >= 15 is 0 Å². The average molecular weight is 570 g/mol. The third-order valence-electron chi connectivity index (χ3n) is 7.01. The molecule has 0 spiro atoms. The molecule has 33 heavy (non-hydrogen) atoms. The summed E-state index contributed by atoms with van der Waals surface area (Å²) in [5.41, 5.74) is 1.38. The number of piperidine rings is 1. The summed E-state index contributed by atoms with van der Waals surface area (Å²) in [6, 6.07) is 11.6. The Kier molecular flexibility index (Phi) is 12.5. The Morgan fingerprint density at radius 1 is 1.06 bits per heavy atom. The number of benzene rings is 1. The van der Waals surface area contributed by atoms with E-state index in [9.17, 15) is 4.79 Å². The normalized spacial score (nSPS) is 20.1. The summed E-state index contributed by atoms with van der Waals surface area (Å²) < 4.78 is 0. The van der Waals surface area contributed by atoms with Crippen LogP contribution in [-0.2, 0) is 11.3 Å². The number of guanidine groups is 1. The topological polar surface area (TPSA) is 60.0 Å².